The Balaban J connectivity index is 1.89. The van der Waals surface area contributed by atoms with Crippen LogP contribution in [0.3, 0.4) is 0 Å². The van der Waals surface area contributed by atoms with E-state index in [0.29, 0.717) is 6.04 Å². The molecule has 0 aromatic carbocycles. The van der Waals surface area contributed by atoms with Crippen LogP contribution in [-0.2, 0) is 11.2 Å². The summed E-state index contributed by atoms with van der Waals surface area (Å²) in [5.74, 6) is 1.76. The summed E-state index contributed by atoms with van der Waals surface area (Å²) in [5.41, 5.74) is 0. The lowest BCUT2D eigenvalue weighted by Crippen LogP contribution is -2.25. The van der Waals surface area contributed by atoms with Crippen molar-refractivity contribution in [1.29, 1.82) is 0 Å². The van der Waals surface area contributed by atoms with Crippen LogP contribution in [0.5, 0.6) is 0 Å². The van der Waals surface area contributed by atoms with Gasteiger partial charge in [-0.05, 0) is 12.8 Å². The summed E-state index contributed by atoms with van der Waals surface area (Å²) in [6.07, 6.45) is 3.02. The van der Waals surface area contributed by atoms with E-state index in [9.17, 15) is 0 Å². The van der Waals surface area contributed by atoms with Crippen LogP contribution in [-0.4, -0.2) is 35.5 Å². The van der Waals surface area contributed by atoms with Crippen LogP contribution in [0.15, 0.2) is 4.42 Å². The Labute approximate surface area is 108 Å². The Morgan fingerprint density at radius 1 is 1.39 bits per heavy atom. The van der Waals surface area contributed by atoms with Gasteiger partial charge in [-0.3, -0.25) is 0 Å². The predicted octanol–water partition coefficient (Wildman–Crippen LogP) is 1.89. The largest absolute Gasteiger partial charge is 0.425 e. The smallest absolute Gasteiger partial charge is 0.222 e. The molecule has 1 fully saturated rings. The number of nitrogens with zero attached hydrogens (tertiary/aromatic N) is 2. The van der Waals surface area contributed by atoms with E-state index in [1.54, 1.807) is 0 Å². The van der Waals surface area contributed by atoms with Crippen molar-refractivity contribution >= 4 is 0 Å². The summed E-state index contributed by atoms with van der Waals surface area (Å²) in [7, 11) is 0. The molecule has 102 valence electrons. The fourth-order valence-electron chi connectivity index (χ4n) is 2.32. The molecule has 0 amide bonds. The zero-order valence-electron chi connectivity index (χ0n) is 11.5. The molecule has 1 aliphatic rings. The molecule has 1 aromatic rings. The molecule has 1 N–H and O–H groups in total. The van der Waals surface area contributed by atoms with Gasteiger partial charge >= 0.3 is 0 Å². The second-order valence-electron chi connectivity index (χ2n) is 5.11. The van der Waals surface area contributed by atoms with Gasteiger partial charge in [0.2, 0.25) is 11.8 Å². The molecule has 2 heterocycles. The van der Waals surface area contributed by atoms with Crippen molar-refractivity contribution in [3.8, 4) is 0 Å². The summed E-state index contributed by atoms with van der Waals surface area (Å²) in [6, 6.07) is 0.486. The first-order chi connectivity index (χ1) is 8.70. The number of hydrogen-bond donors (Lipinski definition) is 1. The van der Waals surface area contributed by atoms with Crippen LogP contribution in [0.25, 0.3) is 0 Å². The lowest BCUT2D eigenvalue weighted by molar-refractivity contribution is 0.0963. The van der Waals surface area contributed by atoms with Gasteiger partial charge in [-0.15, -0.1) is 10.2 Å². The Morgan fingerprint density at radius 3 is 2.94 bits per heavy atom. The molecule has 2 atom stereocenters. The fraction of sp³-hybridized carbons (Fsp3) is 0.846. The van der Waals surface area contributed by atoms with E-state index in [0.717, 1.165) is 44.2 Å². The van der Waals surface area contributed by atoms with Gasteiger partial charge < -0.3 is 14.5 Å². The maximum atomic E-state index is 5.74. The van der Waals surface area contributed by atoms with Crippen LogP contribution in [0, 0.1) is 0 Å². The number of nitrogens with one attached hydrogen (secondary N) is 1. The van der Waals surface area contributed by atoms with Gasteiger partial charge in [0.1, 0.15) is 0 Å². The van der Waals surface area contributed by atoms with Crippen molar-refractivity contribution in [3.05, 3.63) is 11.8 Å². The van der Waals surface area contributed by atoms with Gasteiger partial charge in [0.05, 0.1) is 12.0 Å². The average Bonchev–Trinajstić information content (AvgIpc) is 2.95. The van der Waals surface area contributed by atoms with E-state index in [1.165, 1.54) is 0 Å². The quantitative estimate of drug-likeness (QED) is 0.839. The first-order valence-electron chi connectivity index (χ1n) is 6.88. The molecule has 1 aliphatic heterocycles. The number of aromatic nitrogens is 2. The van der Waals surface area contributed by atoms with Crippen LogP contribution < -0.4 is 5.32 Å². The Kier molecular flexibility index (Phi) is 4.72. The van der Waals surface area contributed by atoms with Crippen molar-refractivity contribution in [2.45, 2.75) is 58.1 Å². The summed E-state index contributed by atoms with van der Waals surface area (Å²) >= 11 is 0. The number of rotatable bonds is 6. The highest BCUT2D eigenvalue weighted by atomic mass is 16.5. The number of ether oxygens (including phenoxy) is 1. The summed E-state index contributed by atoms with van der Waals surface area (Å²) in [5, 5.41) is 11.6. The third kappa shape index (κ3) is 3.29. The molecule has 1 saturated heterocycles. The Morgan fingerprint density at radius 2 is 2.22 bits per heavy atom. The highest BCUT2D eigenvalue weighted by molar-refractivity contribution is 4.98. The molecule has 0 bridgehead atoms. The summed E-state index contributed by atoms with van der Waals surface area (Å²) in [4.78, 5) is 0. The SMILES string of the molecule is CCC1OCCC1c1nnc(CCNC(C)C)o1. The van der Waals surface area contributed by atoms with Gasteiger partial charge in [-0.25, -0.2) is 0 Å². The summed E-state index contributed by atoms with van der Waals surface area (Å²) in [6.45, 7) is 8.06. The minimum Gasteiger partial charge on any atom is -0.425 e. The number of hydrogen-bond acceptors (Lipinski definition) is 5. The van der Waals surface area contributed by atoms with Gasteiger partial charge in [-0.1, -0.05) is 20.8 Å². The molecular formula is C13H23N3O2. The Bertz CT molecular complexity index is 365. The molecule has 0 radical (unpaired) electrons. The fourth-order valence-corrected chi connectivity index (χ4v) is 2.32. The van der Waals surface area contributed by atoms with E-state index in [1.807, 2.05) is 0 Å². The zero-order chi connectivity index (χ0) is 13.0. The van der Waals surface area contributed by atoms with Gasteiger partial charge in [0.25, 0.3) is 0 Å². The van der Waals surface area contributed by atoms with E-state index in [4.69, 9.17) is 9.15 Å². The lowest BCUT2D eigenvalue weighted by atomic mass is 10.00. The molecule has 0 spiro atoms. The van der Waals surface area contributed by atoms with Gasteiger partial charge in [-0.2, -0.15) is 0 Å². The average molecular weight is 253 g/mol. The predicted molar refractivity (Wildman–Crippen MR) is 68.5 cm³/mol. The minimum absolute atomic E-state index is 0.243. The first-order valence-corrected chi connectivity index (χ1v) is 6.88. The van der Waals surface area contributed by atoms with E-state index < -0.39 is 0 Å². The highest BCUT2D eigenvalue weighted by Crippen LogP contribution is 2.32. The van der Waals surface area contributed by atoms with Crippen LogP contribution in [0.4, 0.5) is 0 Å². The molecule has 2 rings (SSSR count). The molecule has 0 saturated carbocycles. The molecular weight excluding hydrogens is 230 g/mol. The lowest BCUT2D eigenvalue weighted by Gasteiger charge is -2.12. The Hall–Kier alpha value is -0.940. The van der Waals surface area contributed by atoms with Crippen molar-refractivity contribution in [2.24, 2.45) is 0 Å². The minimum atomic E-state index is 0.243. The summed E-state index contributed by atoms with van der Waals surface area (Å²) < 4.78 is 11.4. The van der Waals surface area contributed by atoms with E-state index in [2.05, 4.69) is 36.3 Å². The normalized spacial score (nSPS) is 24.0. The molecule has 1 aromatic heterocycles. The van der Waals surface area contributed by atoms with Gasteiger partial charge in [0, 0.05) is 25.6 Å². The van der Waals surface area contributed by atoms with E-state index >= 15 is 0 Å². The molecule has 0 aliphatic carbocycles. The van der Waals surface area contributed by atoms with Crippen molar-refractivity contribution < 1.29 is 9.15 Å². The second kappa shape index (κ2) is 6.29. The van der Waals surface area contributed by atoms with Crippen molar-refractivity contribution in [2.75, 3.05) is 13.2 Å². The third-order valence-corrected chi connectivity index (χ3v) is 3.30. The van der Waals surface area contributed by atoms with Crippen molar-refractivity contribution in [3.63, 3.8) is 0 Å². The van der Waals surface area contributed by atoms with Crippen LogP contribution in [0.1, 0.15) is 51.3 Å². The molecule has 18 heavy (non-hydrogen) atoms. The maximum absolute atomic E-state index is 5.74. The first kappa shape index (κ1) is 13.5. The third-order valence-electron chi connectivity index (χ3n) is 3.30. The van der Waals surface area contributed by atoms with Gasteiger partial charge in [0.15, 0.2) is 0 Å². The standard InChI is InChI=1S/C13H23N3O2/c1-4-11-10(6-8-17-11)13-16-15-12(18-13)5-7-14-9(2)3/h9-11,14H,4-8H2,1-3H3. The van der Waals surface area contributed by atoms with E-state index in [-0.39, 0.29) is 12.0 Å². The maximum Gasteiger partial charge on any atom is 0.222 e. The second-order valence-corrected chi connectivity index (χ2v) is 5.11. The molecule has 2 unspecified atom stereocenters. The zero-order valence-corrected chi connectivity index (χ0v) is 11.5. The topological polar surface area (TPSA) is 60.2 Å². The van der Waals surface area contributed by atoms with Crippen LogP contribution >= 0.6 is 0 Å². The van der Waals surface area contributed by atoms with Crippen molar-refractivity contribution in [1.82, 2.24) is 15.5 Å². The molecule has 5 nitrogen and oxygen atoms in total. The highest BCUT2D eigenvalue weighted by Gasteiger charge is 2.32. The van der Waals surface area contributed by atoms with Crippen LogP contribution in [0.2, 0.25) is 0 Å². The monoisotopic (exact) mass is 253 g/mol. The molecule has 5 heteroatoms.